The second-order valence-corrected chi connectivity index (χ2v) is 5.54. The number of nitrogens with zero attached hydrogens (tertiary/aromatic N) is 1. The normalized spacial score (nSPS) is 10.3. The maximum absolute atomic E-state index is 12.1. The third kappa shape index (κ3) is 3.70. The molecule has 0 saturated carbocycles. The van der Waals surface area contributed by atoms with Crippen LogP contribution in [0, 0.1) is 0 Å². The van der Waals surface area contributed by atoms with Crippen molar-refractivity contribution < 1.29 is 9.53 Å². The minimum absolute atomic E-state index is 0.149. The predicted octanol–water partition coefficient (Wildman–Crippen LogP) is 5.27. The molecule has 0 atom stereocenters. The number of ether oxygens (including phenoxy) is 1. The van der Waals surface area contributed by atoms with Gasteiger partial charge in [-0.3, -0.25) is 0 Å². The smallest absolute Gasteiger partial charge is 0.345 e. The summed E-state index contributed by atoms with van der Waals surface area (Å²) in [5, 5.41) is 0.357. The molecule has 0 aliphatic carbocycles. The maximum Gasteiger partial charge on any atom is 0.345 e. The van der Waals surface area contributed by atoms with Crippen LogP contribution in [0.15, 0.2) is 66.9 Å². The Balaban J connectivity index is 1.75. The van der Waals surface area contributed by atoms with Crippen molar-refractivity contribution in [3.05, 3.63) is 82.6 Å². The first-order chi connectivity index (χ1) is 11.1. The van der Waals surface area contributed by atoms with Gasteiger partial charge in [-0.15, -0.1) is 0 Å². The summed E-state index contributed by atoms with van der Waals surface area (Å²) in [6.45, 7) is 0. The highest BCUT2D eigenvalue weighted by atomic mass is 35.5. The Bertz CT molecular complexity index is 833. The molecule has 3 nitrogen and oxygen atoms in total. The van der Waals surface area contributed by atoms with Gasteiger partial charge in [0.15, 0.2) is 0 Å². The zero-order chi connectivity index (χ0) is 16.2. The minimum Gasteiger partial charge on any atom is -0.423 e. The zero-order valence-corrected chi connectivity index (χ0v) is 13.4. The van der Waals surface area contributed by atoms with Crippen LogP contribution in [0.2, 0.25) is 10.2 Å². The highest BCUT2D eigenvalue weighted by Gasteiger charge is 2.11. The standard InChI is InChI=1S/C18H11Cl2NO2/c19-16-10-14(11-21-17(16)20)18(22)23-15-8-6-13(7-9-15)12-4-2-1-3-5-12/h1-11H. The molecule has 3 aromatic rings. The van der Waals surface area contributed by atoms with Gasteiger partial charge in [-0.25, -0.2) is 9.78 Å². The van der Waals surface area contributed by atoms with Crippen LogP contribution in [0.25, 0.3) is 11.1 Å². The lowest BCUT2D eigenvalue weighted by Gasteiger charge is -2.06. The minimum atomic E-state index is -0.538. The number of aromatic nitrogens is 1. The van der Waals surface area contributed by atoms with E-state index in [1.165, 1.54) is 12.3 Å². The van der Waals surface area contributed by atoms with Gasteiger partial charge >= 0.3 is 5.97 Å². The molecule has 2 aromatic carbocycles. The van der Waals surface area contributed by atoms with Crippen LogP contribution in [0.5, 0.6) is 5.75 Å². The van der Waals surface area contributed by atoms with Crippen LogP contribution in [0.3, 0.4) is 0 Å². The zero-order valence-electron chi connectivity index (χ0n) is 11.9. The summed E-state index contributed by atoms with van der Waals surface area (Å²) < 4.78 is 5.31. The molecule has 0 amide bonds. The average Bonchev–Trinajstić information content (AvgIpc) is 2.59. The van der Waals surface area contributed by atoms with Gasteiger partial charge in [0.05, 0.1) is 10.6 Å². The van der Waals surface area contributed by atoms with Crippen LogP contribution in [0.4, 0.5) is 0 Å². The quantitative estimate of drug-likeness (QED) is 0.369. The van der Waals surface area contributed by atoms with E-state index in [0.29, 0.717) is 5.75 Å². The summed E-state index contributed by atoms with van der Waals surface area (Å²) in [6, 6.07) is 18.6. The molecule has 3 rings (SSSR count). The Morgan fingerprint density at radius 2 is 1.57 bits per heavy atom. The first kappa shape index (κ1) is 15.5. The second-order valence-electron chi connectivity index (χ2n) is 4.78. The monoisotopic (exact) mass is 343 g/mol. The molecule has 23 heavy (non-hydrogen) atoms. The number of rotatable bonds is 3. The van der Waals surface area contributed by atoms with Gasteiger partial charge in [-0.05, 0) is 29.3 Å². The molecule has 1 heterocycles. The molecule has 114 valence electrons. The number of hydrogen-bond donors (Lipinski definition) is 0. The highest BCUT2D eigenvalue weighted by Crippen LogP contribution is 2.24. The van der Waals surface area contributed by atoms with Crippen LogP contribution in [0.1, 0.15) is 10.4 Å². The molecule has 0 aliphatic rings. The van der Waals surface area contributed by atoms with Crippen molar-refractivity contribution in [2.75, 3.05) is 0 Å². The predicted molar refractivity (Wildman–Crippen MR) is 91.1 cm³/mol. The number of halogens is 2. The number of carbonyl (C=O) groups excluding carboxylic acids is 1. The molecule has 5 heteroatoms. The number of carbonyl (C=O) groups is 1. The van der Waals surface area contributed by atoms with E-state index in [2.05, 4.69) is 4.98 Å². The van der Waals surface area contributed by atoms with Crippen molar-refractivity contribution in [3.8, 4) is 16.9 Å². The van der Waals surface area contributed by atoms with E-state index in [1.807, 2.05) is 42.5 Å². The van der Waals surface area contributed by atoms with Gasteiger partial charge < -0.3 is 4.74 Å². The molecular weight excluding hydrogens is 333 g/mol. The topological polar surface area (TPSA) is 39.2 Å². The Morgan fingerprint density at radius 1 is 0.913 bits per heavy atom. The van der Waals surface area contributed by atoms with E-state index in [4.69, 9.17) is 27.9 Å². The van der Waals surface area contributed by atoms with Crippen LogP contribution in [-0.4, -0.2) is 11.0 Å². The summed E-state index contributed by atoms with van der Waals surface area (Å²) in [7, 11) is 0. The van der Waals surface area contributed by atoms with Gasteiger partial charge in [-0.2, -0.15) is 0 Å². The van der Waals surface area contributed by atoms with Gasteiger partial charge in [0.25, 0.3) is 0 Å². The highest BCUT2D eigenvalue weighted by molar-refractivity contribution is 6.41. The lowest BCUT2D eigenvalue weighted by Crippen LogP contribution is -2.08. The molecule has 0 spiro atoms. The molecule has 0 unspecified atom stereocenters. The van der Waals surface area contributed by atoms with Crippen molar-refractivity contribution in [2.45, 2.75) is 0 Å². The molecule has 0 radical (unpaired) electrons. The second kappa shape index (κ2) is 6.82. The van der Waals surface area contributed by atoms with E-state index < -0.39 is 5.97 Å². The van der Waals surface area contributed by atoms with Gasteiger partial charge in [0.1, 0.15) is 10.9 Å². The number of pyridine rings is 1. The third-order valence-corrected chi connectivity index (χ3v) is 3.89. The molecule has 0 saturated heterocycles. The van der Waals surface area contributed by atoms with Gasteiger partial charge in [0, 0.05) is 6.20 Å². The first-order valence-electron chi connectivity index (χ1n) is 6.82. The molecule has 0 aliphatic heterocycles. The SMILES string of the molecule is O=C(Oc1ccc(-c2ccccc2)cc1)c1cnc(Cl)c(Cl)c1. The summed E-state index contributed by atoms with van der Waals surface area (Å²) in [6.07, 6.45) is 1.33. The van der Waals surface area contributed by atoms with E-state index >= 15 is 0 Å². The van der Waals surface area contributed by atoms with Crippen LogP contribution >= 0.6 is 23.2 Å². The Kier molecular flexibility index (Phi) is 4.60. The summed E-state index contributed by atoms with van der Waals surface area (Å²) in [5.41, 5.74) is 2.38. The van der Waals surface area contributed by atoms with Crippen LogP contribution in [-0.2, 0) is 0 Å². The van der Waals surface area contributed by atoms with E-state index in [0.717, 1.165) is 11.1 Å². The fraction of sp³-hybridized carbons (Fsp3) is 0. The molecule has 0 fully saturated rings. The maximum atomic E-state index is 12.1. The lowest BCUT2D eigenvalue weighted by molar-refractivity contribution is 0.0734. The average molecular weight is 344 g/mol. The first-order valence-corrected chi connectivity index (χ1v) is 7.58. The van der Waals surface area contributed by atoms with Gasteiger partial charge in [0.2, 0.25) is 0 Å². The van der Waals surface area contributed by atoms with Crippen molar-refractivity contribution >= 4 is 29.2 Å². The number of benzene rings is 2. The molecule has 0 N–H and O–H groups in total. The molecular formula is C18H11Cl2NO2. The van der Waals surface area contributed by atoms with E-state index in [-0.39, 0.29) is 15.7 Å². The van der Waals surface area contributed by atoms with Crippen molar-refractivity contribution in [2.24, 2.45) is 0 Å². The number of hydrogen-bond acceptors (Lipinski definition) is 3. The van der Waals surface area contributed by atoms with E-state index in [9.17, 15) is 4.79 Å². The van der Waals surface area contributed by atoms with Crippen molar-refractivity contribution in [1.82, 2.24) is 4.98 Å². The fourth-order valence-corrected chi connectivity index (χ4v) is 2.31. The summed E-state index contributed by atoms with van der Waals surface area (Å²) in [5.74, 6) is -0.0933. The largest absolute Gasteiger partial charge is 0.423 e. The van der Waals surface area contributed by atoms with Crippen molar-refractivity contribution in [1.29, 1.82) is 0 Å². The van der Waals surface area contributed by atoms with Gasteiger partial charge in [-0.1, -0.05) is 65.7 Å². The Hall–Kier alpha value is -2.36. The van der Waals surface area contributed by atoms with Crippen molar-refractivity contribution in [3.63, 3.8) is 0 Å². The van der Waals surface area contributed by atoms with E-state index in [1.54, 1.807) is 12.1 Å². The summed E-state index contributed by atoms with van der Waals surface area (Å²) >= 11 is 11.6. The van der Waals surface area contributed by atoms with Crippen LogP contribution < -0.4 is 4.74 Å². The Labute approximate surface area is 143 Å². The third-order valence-electron chi connectivity index (χ3n) is 3.20. The summed E-state index contributed by atoms with van der Waals surface area (Å²) in [4.78, 5) is 15.9. The fourth-order valence-electron chi connectivity index (χ4n) is 2.04. The lowest BCUT2D eigenvalue weighted by atomic mass is 10.1. The molecule has 1 aromatic heterocycles. The number of esters is 1. The Morgan fingerprint density at radius 3 is 2.22 bits per heavy atom. The molecule has 0 bridgehead atoms.